The average molecular weight is 301 g/mol. The molecule has 0 saturated carbocycles. The van der Waals surface area contributed by atoms with Crippen LogP contribution in [0.1, 0.15) is 12.5 Å². The summed E-state index contributed by atoms with van der Waals surface area (Å²) in [4.78, 5) is 19.7. The predicted octanol–water partition coefficient (Wildman–Crippen LogP) is 2.58. The minimum absolute atomic E-state index is 0.162. The summed E-state index contributed by atoms with van der Waals surface area (Å²) in [5, 5.41) is 3.10. The van der Waals surface area contributed by atoms with E-state index in [0.29, 0.717) is 18.2 Å². The maximum Gasteiger partial charge on any atom is 0.308 e. The first kappa shape index (κ1) is 15.8. The van der Waals surface area contributed by atoms with Crippen molar-refractivity contribution in [2.75, 3.05) is 19.5 Å². The molecule has 6 nitrogen and oxygen atoms in total. The highest BCUT2D eigenvalue weighted by atomic mass is 16.5. The molecule has 2 aromatic rings. The van der Waals surface area contributed by atoms with E-state index in [1.54, 1.807) is 19.4 Å². The molecule has 1 aromatic carbocycles. The Morgan fingerprint density at radius 2 is 1.95 bits per heavy atom. The lowest BCUT2D eigenvalue weighted by molar-refractivity contribution is -0.144. The number of carbonyl (C=O) groups is 1. The second kappa shape index (κ2) is 7.40. The van der Waals surface area contributed by atoms with Gasteiger partial charge in [0.25, 0.3) is 0 Å². The van der Waals surface area contributed by atoms with Crippen LogP contribution in [-0.4, -0.2) is 30.2 Å². The van der Waals surface area contributed by atoms with Crippen LogP contribution in [-0.2, 0) is 16.0 Å². The summed E-state index contributed by atoms with van der Waals surface area (Å²) in [6.45, 7) is 1.85. The van der Waals surface area contributed by atoms with Crippen molar-refractivity contribution < 1.29 is 14.3 Å². The second-order valence-corrected chi connectivity index (χ2v) is 4.87. The normalized spacial score (nSPS) is 11.6. The van der Waals surface area contributed by atoms with Crippen LogP contribution >= 0.6 is 0 Å². The van der Waals surface area contributed by atoms with Crippen LogP contribution in [0, 0.1) is 5.92 Å². The number of benzene rings is 1. The highest BCUT2D eigenvalue weighted by molar-refractivity contribution is 5.72. The van der Waals surface area contributed by atoms with Crippen molar-refractivity contribution in [2.24, 2.45) is 5.92 Å². The van der Waals surface area contributed by atoms with E-state index in [9.17, 15) is 4.79 Å². The molecule has 0 aliphatic heterocycles. The fraction of sp³-hybridized carbons (Fsp3) is 0.312. The third-order valence-corrected chi connectivity index (χ3v) is 3.19. The van der Waals surface area contributed by atoms with E-state index >= 15 is 0 Å². The van der Waals surface area contributed by atoms with Crippen LogP contribution in [0.5, 0.6) is 5.88 Å². The van der Waals surface area contributed by atoms with Crippen molar-refractivity contribution >= 4 is 17.6 Å². The van der Waals surface area contributed by atoms with Crippen LogP contribution in [0.15, 0.2) is 36.5 Å². The van der Waals surface area contributed by atoms with Gasteiger partial charge in [0.2, 0.25) is 11.8 Å². The van der Waals surface area contributed by atoms with Crippen molar-refractivity contribution in [2.45, 2.75) is 13.3 Å². The summed E-state index contributed by atoms with van der Waals surface area (Å²) >= 11 is 0. The van der Waals surface area contributed by atoms with Crippen LogP contribution < -0.4 is 10.1 Å². The zero-order chi connectivity index (χ0) is 15.9. The Morgan fingerprint density at radius 3 is 2.59 bits per heavy atom. The molecule has 0 spiro atoms. The fourth-order valence-electron chi connectivity index (χ4n) is 2.01. The van der Waals surface area contributed by atoms with Gasteiger partial charge in [-0.1, -0.05) is 19.1 Å². The number of hydrogen-bond donors (Lipinski definition) is 1. The second-order valence-electron chi connectivity index (χ2n) is 4.87. The molecule has 1 aromatic heterocycles. The predicted molar refractivity (Wildman–Crippen MR) is 83.2 cm³/mol. The number of carbonyl (C=O) groups excluding carboxylic acids is 1. The zero-order valence-corrected chi connectivity index (χ0v) is 12.9. The monoisotopic (exact) mass is 301 g/mol. The molecule has 1 heterocycles. The molecule has 0 amide bonds. The lowest BCUT2D eigenvalue weighted by Crippen LogP contribution is -2.15. The molecule has 1 N–H and O–H groups in total. The van der Waals surface area contributed by atoms with Crippen molar-refractivity contribution in [1.29, 1.82) is 0 Å². The summed E-state index contributed by atoms with van der Waals surface area (Å²) < 4.78 is 9.78. The maximum atomic E-state index is 11.4. The SMILES string of the molecule is COC(=O)C(C)Cc1ccc(Nc2nccc(OC)n2)cc1. The molecule has 6 heteroatoms. The lowest BCUT2D eigenvalue weighted by atomic mass is 10.0. The average Bonchev–Trinajstić information content (AvgIpc) is 2.56. The van der Waals surface area contributed by atoms with Gasteiger partial charge >= 0.3 is 5.97 Å². The first-order valence-electron chi connectivity index (χ1n) is 6.93. The fourth-order valence-corrected chi connectivity index (χ4v) is 2.01. The van der Waals surface area contributed by atoms with Gasteiger partial charge in [0.05, 0.1) is 20.1 Å². The number of nitrogens with zero attached hydrogens (tertiary/aromatic N) is 2. The summed E-state index contributed by atoms with van der Waals surface area (Å²) in [6.07, 6.45) is 2.27. The third-order valence-electron chi connectivity index (χ3n) is 3.19. The quantitative estimate of drug-likeness (QED) is 0.827. The smallest absolute Gasteiger partial charge is 0.308 e. The first-order valence-corrected chi connectivity index (χ1v) is 6.93. The van der Waals surface area contributed by atoms with E-state index in [4.69, 9.17) is 9.47 Å². The Kier molecular flexibility index (Phi) is 5.30. The number of nitrogens with one attached hydrogen (secondary N) is 1. The molecule has 1 atom stereocenters. The molecule has 116 valence electrons. The molecule has 22 heavy (non-hydrogen) atoms. The molecule has 0 saturated heterocycles. The minimum atomic E-state index is -0.202. The van der Waals surface area contributed by atoms with Gasteiger partial charge in [-0.2, -0.15) is 4.98 Å². The number of ether oxygens (including phenoxy) is 2. The Morgan fingerprint density at radius 1 is 1.23 bits per heavy atom. The topological polar surface area (TPSA) is 73.3 Å². The van der Waals surface area contributed by atoms with E-state index < -0.39 is 0 Å². The number of aromatic nitrogens is 2. The molecule has 0 bridgehead atoms. The van der Waals surface area contributed by atoms with E-state index in [1.165, 1.54) is 7.11 Å². The van der Waals surface area contributed by atoms with Gasteiger partial charge in [-0.3, -0.25) is 4.79 Å². The number of hydrogen-bond acceptors (Lipinski definition) is 6. The highest BCUT2D eigenvalue weighted by Crippen LogP contribution is 2.17. The summed E-state index contributed by atoms with van der Waals surface area (Å²) in [7, 11) is 2.96. The Hall–Kier alpha value is -2.63. The van der Waals surface area contributed by atoms with Gasteiger partial charge in [0, 0.05) is 18.0 Å². The summed E-state index contributed by atoms with van der Waals surface area (Å²) in [5.41, 5.74) is 1.93. The molecule has 0 aliphatic carbocycles. The zero-order valence-electron chi connectivity index (χ0n) is 12.9. The first-order chi connectivity index (χ1) is 10.6. The number of rotatable bonds is 6. The van der Waals surface area contributed by atoms with E-state index in [-0.39, 0.29) is 11.9 Å². The number of anilines is 2. The Balaban J connectivity index is 2.01. The number of esters is 1. The van der Waals surface area contributed by atoms with Gasteiger partial charge in [-0.15, -0.1) is 0 Å². The van der Waals surface area contributed by atoms with Crippen LogP contribution in [0.2, 0.25) is 0 Å². The van der Waals surface area contributed by atoms with E-state index in [0.717, 1.165) is 11.3 Å². The molecular formula is C16H19N3O3. The van der Waals surface area contributed by atoms with E-state index in [2.05, 4.69) is 15.3 Å². The molecule has 1 unspecified atom stereocenters. The van der Waals surface area contributed by atoms with Gasteiger partial charge < -0.3 is 14.8 Å². The largest absolute Gasteiger partial charge is 0.481 e. The maximum absolute atomic E-state index is 11.4. The molecular weight excluding hydrogens is 282 g/mol. The van der Waals surface area contributed by atoms with Gasteiger partial charge in [0.15, 0.2) is 0 Å². The van der Waals surface area contributed by atoms with E-state index in [1.807, 2.05) is 31.2 Å². The van der Waals surface area contributed by atoms with Gasteiger partial charge in [0.1, 0.15) is 0 Å². The van der Waals surface area contributed by atoms with Crippen LogP contribution in [0.4, 0.5) is 11.6 Å². The molecule has 2 rings (SSSR count). The van der Waals surface area contributed by atoms with Gasteiger partial charge in [-0.05, 0) is 24.1 Å². The minimum Gasteiger partial charge on any atom is -0.481 e. The third kappa shape index (κ3) is 4.18. The Bertz CT molecular complexity index is 629. The lowest BCUT2D eigenvalue weighted by Gasteiger charge is -2.10. The number of methoxy groups -OCH3 is 2. The van der Waals surface area contributed by atoms with Crippen molar-refractivity contribution in [3.8, 4) is 5.88 Å². The van der Waals surface area contributed by atoms with Crippen molar-refractivity contribution in [1.82, 2.24) is 9.97 Å². The van der Waals surface area contributed by atoms with Crippen LogP contribution in [0.25, 0.3) is 0 Å². The standard InChI is InChI=1S/C16H19N3O3/c1-11(15(20)22-3)10-12-4-6-13(7-5-12)18-16-17-9-8-14(19-16)21-2/h4-9,11H,10H2,1-3H3,(H,17,18,19). The summed E-state index contributed by atoms with van der Waals surface area (Å²) in [6, 6.07) is 9.44. The molecule has 0 aliphatic rings. The van der Waals surface area contributed by atoms with Crippen molar-refractivity contribution in [3.63, 3.8) is 0 Å². The highest BCUT2D eigenvalue weighted by Gasteiger charge is 2.13. The van der Waals surface area contributed by atoms with Crippen molar-refractivity contribution in [3.05, 3.63) is 42.1 Å². The molecule has 0 radical (unpaired) electrons. The van der Waals surface area contributed by atoms with Crippen LogP contribution in [0.3, 0.4) is 0 Å². The molecule has 0 fully saturated rings. The Labute approximate surface area is 129 Å². The summed E-state index contributed by atoms with van der Waals surface area (Å²) in [5.74, 6) is 0.605. The van der Waals surface area contributed by atoms with Gasteiger partial charge in [-0.25, -0.2) is 4.98 Å².